The number of urea groups is 1. The fourth-order valence-electron chi connectivity index (χ4n) is 2.08. The lowest BCUT2D eigenvalue weighted by atomic mass is 10.2. The van der Waals surface area contributed by atoms with E-state index in [4.69, 9.17) is 4.42 Å². The van der Waals surface area contributed by atoms with Crippen LogP contribution in [-0.2, 0) is 6.54 Å². The number of carbonyl (C=O) groups excluding carboxylic acids is 1. The standard InChI is InChI=1S/C17H19BrN4O2/c1-21(2)7-8-22(12-15-4-3-9-24-15)17(23)20-16-10-14(18)6-5-13(16)11-19/h3-6,9-10H,7-8,12H2,1-2H3,(H,20,23). The Labute approximate surface area is 149 Å². The maximum absolute atomic E-state index is 12.7. The number of nitriles is 1. The third kappa shape index (κ3) is 5.11. The molecule has 0 radical (unpaired) electrons. The number of hydrogen-bond donors (Lipinski definition) is 1. The Morgan fingerprint density at radius 1 is 1.33 bits per heavy atom. The van der Waals surface area contributed by atoms with Gasteiger partial charge in [0.2, 0.25) is 0 Å². The minimum atomic E-state index is -0.275. The van der Waals surface area contributed by atoms with Crippen molar-refractivity contribution in [3.63, 3.8) is 0 Å². The van der Waals surface area contributed by atoms with Crippen LogP contribution in [0, 0.1) is 11.3 Å². The second-order valence-electron chi connectivity index (χ2n) is 5.54. The molecule has 1 aromatic carbocycles. The van der Waals surface area contributed by atoms with Crippen LogP contribution in [0.25, 0.3) is 0 Å². The summed E-state index contributed by atoms with van der Waals surface area (Å²) in [5, 5.41) is 12.0. The largest absolute Gasteiger partial charge is 0.467 e. The molecule has 0 saturated carbocycles. The first-order valence-electron chi connectivity index (χ1n) is 7.42. The van der Waals surface area contributed by atoms with Crippen molar-refractivity contribution in [3.8, 4) is 6.07 Å². The van der Waals surface area contributed by atoms with Gasteiger partial charge in [0.25, 0.3) is 0 Å². The quantitative estimate of drug-likeness (QED) is 0.818. The SMILES string of the molecule is CN(C)CCN(Cc1ccco1)C(=O)Nc1cc(Br)ccc1C#N. The Morgan fingerprint density at radius 2 is 2.12 bits per heavy atom. The molecular formula is C17H19BrN4O2. The van der Waals surface area contributed by atoms with E-state index in [0.717, 1.165) is 11.0 Å². The van der Waals surface area contributed by atoms with Crippen molar-refractivity contribution >= 4 is 27.6 Å². The Balaban J connectivity index is 2.14. The fourth-order valence-corrected chi connectivity index (χ4v) is 2.44. The summed E-state index contributed by atoms with van der Waals surface area (Å²) in [6.07, 6.45) is 1.58. The van der Waals surface area contributed by atoms with Crippen molar-refractivity contribution in [3.05, 3.63) is 52.4 Å². The van der Waals surface area contributed by atoms with Gasteiger partial charge in [0.1, 0.15) is 11.8 Å². The zero-order chi connectivity index (χ0) is 17.5. The first kappa shape index (κ1) is 18.0. The fraction of sp³-hybridized carbons (Fsp3) is 0.294. The number of hydrogen-bond acceptors (Lipinski definition) is 4. The van der Waals surface area contributed by atoms with Crippen LogP contribution in [-0.4, -0.2) is 43.0 Å². The predicted molar refractivity (Wildman–Crippen MR) is 95.5 cm³/mol. The monoisotopic (exact) mass is 390 g/mol. The summed E-state index contributed by atoms with van der Waals surface area (Å²) in [5.74, 6) is 0.707. The Bertz CT molecular complexity index is 723. The van der Waals surface area contributed by atoms with Crippen LogP contribution < -0.4 is 5.32 Å². The van der Waals surface area contributed by atoms with E-state index in [2.05, 4.69) is 27.3 Å². The molecule has 24 heavy (non-hydrogen) atoms. The predicted octanol–water partition coefficient (Wildman–Crippen LogP) is 3.51. The summed E-state index contributed by atoms with van der Waals surface area (Å²) in [7, 11) is 3.90. The highest BCUT2D eigenvalue weighted by molar-refractivity contribution is 9.10. The van der Waals surface area contributed by atoms with E-state index in [1.165, 1.54) is 0 Å². The minimum Gasteiger partial charge on any atom is -0.467 e. The lowest BCUT2D eigenvalue weighted by Gasteiger charge is -2.24. The molecule has 2 amide bonds. The molecule has 0 bridgehead atoms. The first-order chi connectivity index (χ1) is 11.5. The number of nitrogens with zero attached hydrogens (tertiary/aromatic N) is 3. The van der Waals surface area contributed by atoms with Gasteiger partial charge in [-0.05, 0) is 44.4 Å². The van der Waals surface area contributed by atoms with Crippen LogP contribution in [0.15, 0.2) is 45.5 Å². The van der Waals surface area contributed by atoms with Gasteiger partial charge in [-0.25, -0.2) is 4.79 Å². The molecule has 0 aliphatic carbocycles. The Morgan fingerprint density at radius 3 is 2.75 bits per heavy atom. The van der Waals surface area contributed by atoms with E-state index in [9.17, 15) is 10.1 Å². The molecule has 0 atom stereocenters. The molecule has 0 saturated heterocycles. The average Bonchev–Trinajstić information content (AvgIpc) is 3.04. The molecule has 7 heteroatoms. The van der Waals surface area contributed by atoms with Gasteiger partial charge in [0, 0.05) is 17.6 Å². The topological polar surface area (TPSA) is 72.5 Å². The number of benzene rings is 1. The molecule has 1 heterocycles. The van der Waals surface area contributed by atoms with Crippen molar-refractivity contribution in [1.29, 1.82) is 5.26 Å². The number of rotatable bonds is 6. The van der Waals surface area contributed by atoms with Crippen LogP contribution in [0.1, 0.15) is 11.3 Å². The number of anilines is 1. The normalized spacial score (nSPS) is 10.5. The summed E-state index contributed by atoms with van der Waals surface area (Å²) >= 11 is 3.35. The van der Waals surface area contributed by atoms with Gasteiger partial charge in [0.05, 0.1) is 24.1 Å². The third-order valence-electron chi connectivity index (χ3n) is 3.37. The zero-order valence-corrected chi connectivity index (χ0v) is 15.2. The van der Waals surface area contributed by atoms with E-state index in [1.54, 1.807) is 35.4 Å². The first-order valence-corrected chi connectivity index (χ1v) is 8.21. The summed E-state index contributed by atoms with van der Waals surface area (Å²) in [6.45, 7) is 1.62. The molecule has 0 spiro atoms. The van der Waals surface area contributed by atoms with E-state index in [0.29, 0.717) is 30.1 Å². The molecule has 2 rings (SSSR count). The molecule has 1 aromatic heterocycles. The van der Waals surface area contributed by atoms with Gasteiger partial charge >= 0.3 is 6.03 Å². The maximum atomic E-state index is 12.7. The molecule has 1 N–H and O–H groups in total. The number of carbonyl (C=O) groups is 1. The zero-order valence-electron chi connectivity index (χ0n) is 13.6. The van der Waals surface area contributed by atoms with Gasteiger partial charge in [-0.15, -0.1) is 0 Å². The molecule has 6 nitrogen and oxygen atoms in total. The highest BCUT2D eigenvalue weighted by atomic mass is 79.9. The van der Waals surface area contributed by atoms with Gasteiger partial charge in [-0.1, -0.05) is 15.9 Å². The highest BCUT2D eigenvalue weighted by Gasteiger charge is 2.17. The van der Waals surface area contributed by atoms with Crippen molar-refractivity contribution in [1.82, 2.24) is 9.80 Å². The van der Waals surface area contributed by atoms with E-state index in [-0.39, 0.29) is 6.03 Å². The minimum absolute atomic E-state index is 0.275. The van der Waals surface area contributed by atoms with Crippen molar-refractivity contribution in [2.24, 2.45) is 0 Å². The van der Waals surface area contributed by atoms with Crippen LogP contribution in [0.2, 0.25) is 0 Å². The lowest BCUT2D eigenvalue weighted by molar-refractivity contribution is 0.197. The molecule has 2 aromatic rings. The molecular weight excluding hydrogens is 372 g/mol. The van der Waals surface area contributed by atoms with Crippen LogP contribution in [0.5, 0.6) is 0 Å². The van der Waals surface area contributed by atoms with Crippen molar-refractivity contribution < 1.29 is 9.21 Å². The Hall–Kier alpha value is -2.30. The van der Waals surface area contributed by atoms with E-state index >= 15 is 0 Å². The lowest BCUT2D eigenvalue weighted by Crippen LogP contribution is -2.39. The van der Waals surface area contributed by atoms with E-state index in [1.807, 2.05) is 25.1 Å². The summed E-state index contributed by atoms with van der Waals surface area (Å²) in [5.41, 5.74) is 0.892. The maximum Gasteiger partial charge on any atom is 0.322 e. The van der Waals surface area contributed by atoms with Crippen LogP contribution in [0.4, 0.5) is 10.5 Å². The summed E-state index contributed by atoms with van der Waals surface area (Å²) in [6, 6.07) is 10.6. The summed E-state index contributed by atoms with van der Waals surface area (Å²) in [4.78, 5) is 16.3. The molecule has 126 valence electrons. The number of furan rings is 1. The highest BCUT2D eigenvalue weighted by Crippen LogP contribution is 2.21. The Kier molecular flexibility index (Phi) is 6.41. The number of halogens is 1. The molecule has 0 fully saturated rings. The van der Waals surface area contributed by atoms with Gasteiger partial charge in [-0.3, -0.25) is 0 Å². The average molecular weight is 391 g/mol. The van der Waals surface area contributed by atoms with Gasteiger partial charge in [-0.2, -0.15) is 5.26 Å². The third-order valence-corrected chi connectivity index (χ3v) is 3.87. The smallest absolute Gasteiger partial charge is 0.322 e. The van der Waals surface area contributed by atoms with Crippen LogP contribution in [0.3, 0.4) is 0 Å². The van der Waals surface area contributed by atoms with Gasteiger partial charge < -0.3 is 19.5 Å². The second kappa shape index (κ2) is 8.52. The molecule has 0 unspecified atom stereocenters. The number of likely N-dealkylation sites (N-methyl/N-ethyl adjacent to an activating group) is 1. The summed E-state index contributed by atoms with van der Waals surface area (Å²) < 4.78 is 6.13. The molecule has 0 aliphatic heterocycles. The van der Waals surface area contributed by atoms with Crippen molar-refractivity contribution in [2.45, 2.75) is 6.54 Å². The second-order valence-corrected chi connectivity index (χ2v) is 6.45. The van der Waals surface area contributed by atoms with Crippen LogP contribution >= 0.6 is 15.9 Å². The number of amides is 2. The number of nitrogens with one attached hydrogen (secondary N) is 1. The van der Waals surface area contributed by atoms with E-state index < -0.39 is 0 Å². The van der Waals surface area contributed by atoms with Gasteiger partial charge in [0.15, 0.2) is 0 Å². The van der Waals surface area contributed by atoms with Crippen molar-refractivity contribution in [2.75, 3.05) is 32.5 Å². The molecule has 0 aliphatic rings.